The van der Waals surface area contributed by atoms with E-state index in [1.807, 2.05) is 6.92 Å². The van der Waals surface area contributed by atoms with Crippen molar-refractivity contribution < 1.29 is 29.1 Å². The van der Waals surface area contributed by atoms with Crippen LogP contribution in [0.2, 0.25) is 0 Å². The van der Waals surface area contributed by atoms with Crippen molar-refractivity contribution in [2.75, 3.05) is 0 Å². The van der Waals surface area contributed by atoms with Crippen molar-refractivity contribution in [2.24, 2.45) is 17.4 Å². The zero-order valence-electron chi connectivity index (χ0n) is 18.3. The van der Waals surface area contributed by atoms with Crippen molar-refractivity contribution in [3.8, 4) is 0 Å². The zero-order valence-corrected chi connectivity index (χ0v) is 18.3. The Balaban J connectivity index is 3.09. The summed E-state index contributed by atoms with van der Waals surface area (Å²) < 4.78 is 0. The first-order chi connectivity index (χ1) is 15.0. The molecule has 0 fully saturated rings. The highest BCUT2D eigenvalue weighted by molar-refractivity contribution is 5.95. The second-order valence-electron chi connectivity index (χ2n) is 7.57. The molecule has 0 aliphatic heterocycles. The number of nitrogens with zero attached hydrogens (tertiary/aromatic N) is 1. The number of amides is 4. The summed E-state index contributed by atoms with van der Waals surface area (Å²) in [5, 5.41) is 16.6. The maximum Gasteiger partial charge on any atom is 0.326 e. The van der Waals surface area contributed by atoms with Crippen molar-refractivity contribution in [3.05, 3.63) is 18.2 Å². The van der Waals surface area contributed by atoms with E-state index < -0.39 is 60.2 Å². The third kappa shape index (κ3) is 8.34. The number of carbonyl (C=O) groups excluding carboxylic acids is 4. The van der Waals surface area contributed by atoms with Gasteiger partial charge in [-0.15, -0.1) is 0 Å². The van der Waals surface area contributed by atoms with Crippen LogP contribution in [0.5, 0.6) is 0 Å². The van der Waals surface area contributed by atoms with Crippen LogP contribution in [0.15, 0.2) is 12.5 Å². The summed E-state index contributed by atoms with van der Waals surface area (Å²) in [6, 6.07) is -4.61. The van der Waals surface area contributed by atoms with Crippen molar-refractivity contribution in [2.45, 2.75) is 64.2 Å². The van der Waals surface area contributed by atoms with E-state index in [1.54, 1.807) is 6.92 Å². The maximum absolute atomic E-state index is 13.0. The van der Waals surface area contributed by atoms with Gasteiger partial charge in [-0.2, -0.15) is 0 Å². The van der Waals surface area contributed by atoms with Crippen LogP contribution in [0.25, 0.3) is 0 Å². The predicted octanol–water partition coefficient (Wildman–Crippen LogP) is -2.24. The van der Waals surface area contributed by atoms with Gasteiger partial charge in [0.1, 0.15) is 18.1 Å². The smallest absolute Gasteiger partial charge is 0.326 e. The van der Waals surface area contributed by atoms with Crippen LogP contribution in [0.3, 0.4) is 0 Å². The Labute approximate surface area is 185 Å². The molecule has 1 aromatic heterocycles. The fourth-order valence-corrected chi connectivity index (χ4v) is 2.75. The lowest BCUT2D eigenvalue weighted by Crippen LogP contribution is -2.59. The summed E-state index contributed by atoms with van der Waals surface area (Å²) in [5.41, 5.74) is 11.1. The van der Waals surface area contributed by atoms with Gasteiger partial charge in [-0.1, -0.05) is 20.3 Å². The molecule has 178 valence electrons. The standard InChI is InChI=1S/C19H31N7O6/c1-4-9(2)15(26-16(28)10(3)20)18(30)24-12(5-11-7-22-8-23-11)17(29)25-13(19(31)32)6-14(21)27/h7-10,12-13,15H,4-6,20H2,1-3H3,(H2,21,27)(H,22,23)(H,24,30)(H,25,29)(H,26,28)(H,31,32). The van der Waals surface area contributed by atoms with Gasteiger partial charge in [-0.25, -0.2) is 9.78 Å². The molecule has 9 N–H and O–H groups in total. The number of carboxylic acids is 1. The third-order valence-corrected chi connectivity index (χ3v) is 4.84. The first kappa shape index (κ1) is 26.6. The number of aromatic amines is 1. The summed E-state index contributed by atoms with van der Waals surface area (Å²) in [6.45, 7) is 5.06. The van der Waals surface area contributed by atoms with Crippen molar-refractivity contribution in [1.82, 2.24) is 25.9 Å². The molecule has 0 saturated carbocycles. The lowest BCUT2D eigenvalue weighted by molar-refractivity contribution is -0.143. The highest BCUT2D eigenvalue weighted by atomic mass is 16.4. The van der Waals surface area contributed by atoms with E-state index in [-0.39, 0.29) is 12.3 Å². The fraction of sp³-hybridized carbons (Fsp3) is 0.579. The second-order valence-corrected chi connectivity index (χ2v) is 7.57. The fourth-order valence-electron chi connectivity index (χ4n) is 2.75. The number of carboxylic acid groups (broad SMARTS) is 1. The Hall–Kier alpha value is -3.48. The van der Waals surface area contributed by atoms with Crippen molar-refractivity contribution in [1.29, 1.82) is 0 Å². The second kappa shape index (κ2) is 12.4. The average Bonchev–Trinajstić information content (AvgIpc) is 3.22. The monoisotopic (exact) mass is 453 g/mol. The van der Waals surface area contributed by atoms with Gasteiger partial charge in [0.05, 0.1) is 18.8 Å². The molecule has 32 heavy (non-hydrogen) atoms. The maximum atomic E-state index is 13.0. The molecule has 0 aliphatic rings. The molecule has 0 spiro atoms. The minimum absolute atomic E-state index is 0.0467. The summed E-state index contributed by atoms with van der Waals surface area (Å²) >= 11 is 0. The van der Waals surface area contributed by atoms with Gasteiger partial charge >= 0.3 is 5.97 Å². The molecule has 13 nitrogen and oxygen atoms in total. The molecular weight excluding hydrogens is 422 g/mol. The summed E-state index contributed by atoms with van der Waals surface area (Å²) in [7, 11) is 0. The van der Waals surface area contributed by atoms with Crippen LogP contribution in [0.1, 0.15) is 39.3 Å². The van der Waals surface area contributed by atoms with Gasteiger partial charge in [-0.3, -0.25) is 19.2 Å². The summed E-state index contributed by atoms with van der Waals surface area (Å²) in [4.78, 5) is 67.0. The normalized spacial score (nSPS) is 15.5. The average molecular weight is 454 g/mol. The van der Waals surface area contributed by atoms with Gasteiger partial charge in [0, 0.05) is 18.3 Å². The summed E-state index contributed by atoms with van der Waals surface area (Å²) in [6.07, 6.45) is 2.70. The van der Waals surface area contributed by atoms with Crippen molar-refractivity contribution in [3.63, 3.8) is 0 Å². The molecule has 5 unspecified atom stereocenters. The Kier molecular flexibility index (Phi) is 10.3. The van der Waals surface area contributed by atoms with Gasteiger partial charge in [0.15, 0.2) is 0 Å². The largest absolute Gasteiger partial charge is 0.480 e. The Bertz CT molecular complexity index is 811. The minimum atomic E-state index is -1.57. The molecule has 0 saturated heterocycles. The van der Waals surface area contributed by atoms with Crippen LogP contribution >= 0.6 is 0 Å². The molecule has 5 atom stereocenters. The number of primary amides is 1. The molecule has 1 aromatic rings. The third-order valence-electron chi connectivity index (χ3n) is 4.84. The highest BCUT2D eigenvalue weighted by Gasteiger charge is 2.32. The van der Waals surface area contributed by atoms with Crippen LogP contribution in [0.4, 0.5) is 0 Å². The topological polar surface area (TPSA) is 222 Å². The number of aliphatic carboxylic acids is 1. The van der Waals surface area contributed by atoms with E-state index in [0.717, 1.165) is 0 Å². The molecule has 13 heteroatoms. The van der Waals surface area contributed by atoms with E-state index in [0.29, 0.717) is 12.1 Å². The Morgan fingerprint density at radius 3 is 2.16 bits per heavy atom. The number of hydrogen-bond acceptors (Lipinski definition) is 7. The quantitative estimate of drug-likeness (QED) is 0.172. The molecule has 1 heterocycles. The van der Waals surface area contributed by atoms with Crippen LogP contribution in [-0.4, -0.2) is 68.8 Å². The van der Waals surface area contributed by atoms with E-state index in [1.165, 1.54) is 19.4 Å². The van der Waals surface area contributed by atoms with Crippen LogP contribution in [0, 0.1) is 5.92 Å². The Morgan fingerprint density at radius 1 is 1.06 bits per heavy atom. The lowest BCUT2D eigenvalue weighted by atomic mass is 9.97. The molecular formula is C19H31N7O6. The predicted molar refractivity (Wildman–Crippen MR) is 113 cm³/mol. The van der Waals surface area contributed by atoms with E-state index in [2.05, 4.69) is 25.9 Å². The van der Waals surface area contributed by atoms with Gasteiger partial charge < -0.3 is 37.5 Å². The molecule has 0 radical (unpaired) electrons. The molecule has 0 aliphatic carbocycles. The number of aromatic nitrogens is 2. The van der Waals surface area contributed by atoms with Gasteiger partial charge in [0.2, 0.25) is 23.6 Å². The molecule has 4 amide bonds. The Morgan fingerprint density at radius 2 is 1.69 bits per heavy atom. The first-order valence-electron chi connectivity index (χ1n) is 10.1. The van der Waals surface area contributed by atoms with Crippen LogP contribution < -0.4 is 27.4 Å². The van der Waals surface area contributed by atoms with Gasteiger partial charge in [0.25, 0.3) is 0 Å². The molecule has 1 rings (SSSR count). The van der Waals surface area contributed by atoms with Gasteiger partial charge in [-0.05, 0) is 12.8 Å². The number of nitrogens with one attached hydrogen (secondary N) is 4. The minimum Gasteiger partial charge on any atom is -0.480 e. The van der Waals surface area contributed by atoms with E-state index >= 15 is 0 Å². The molecule has 0 aromatic carbocycles. The number of carbonyl (C=O) groups is 5. The first-order valence-corrected chi connectivity index (χ1v) is 10.1. The zero-order chi connectivity index (χ0) is 24.4. The van der Waals surface area contributed by atoms with Crippen molar-refractivity contribution >= 4 is 29.6 Å². The number of H-pyrrole nitrogens is 1. The van der Waals surface area contributed by atoms with Crippen LogP contribution in [-0.2, 0) is 30.4 Å². The summed E-state index contributed by atoms with van der Waals surface area (Å²) in [5.74, 6) is -4.67. The lowest BCUT2D eigenvalue weighted by Gasteiger charge is -2.27. The number of rotatable bonds is 13. The number of hydrogen-bond donors (Lipinski definition) is 7. The highest BCUT2D eigenvalue weighted by Crippen LogP contribution is 2.10. The van der Waals surface area contributed by atoms with E-state index in [4.69, 9.17) is 11.5 Å². The SMILES string of the molecule is CCC(C)C(NC(=O)C(C)N)C(=O)NC(Cc1cnc[nH]1)C(=O)NC(CC(N)=O)C(=O)O. The molecule has 0 bridgehead atoms. The van der Waals surface area contributed by atoms with E-state index in [9.17, 15) is 29.1 Å². The number of imidazole rings is 1. The number of nitrogens with two attached hydrogens (primary N) is 2.